The second-order valence-corrected chi connectivity index (χ2v) is 8.20. The maximum absolute atomic E-state index is 14.6. The summed E-state index contributed by atoms with van der Waals surface area (Å²) in [5.41, 5.74) is -0.822. The first kappa shape index (κ1) is 20.7. The monoisotopic (exact) mass is 410 g/mol. The molecule has 4 rings (SSSR count). The fraction of sp³-hybridized carbons (Fsp3) is 0.667. The predicted molar refractivity (Wildman–Crippen MR) is 103 cm³/mol. The topological polar surface area (TPSA) is 51.2 Å². The summed E-state index contributed by atoms with van der Waals surface area (Å²) >= 11 is 0. The van der Waals surface area contributed by atoms with Crippen LogP contribution >= 0.6 is 0 Å². The number of morpholine rings is 1. The van der Waals surface area contributed by atoms with E-state index in [1.165, 1.54) is 0 Å². The highest BCUT2D eigenvalue weighted by Gasteiger charge is 2.58. The van der Waals surface area contributed by atoms with E-state index in [1.54, 1.807) is 30.3 Å². The van der Waals surface area contributed by atoms with Crippen molar-refractivity contribution in [3.05, 3.63) is 30.3 Å². The number of alkyl halides is 2. The van der Waals surface area contributed by atoms with Crippen LogP contribution in [0.3, 0.4) is 0 Å². The van der Waals surface area contributed by atoms with E-state index in [0.717, 1.165) is 43.9 Å². The molecule has 0 N–H and O–H groups in total. The molecule has 3 fully saturated rings. The number of ether oxygens (including phenoxy) is 3. The van der Waals surface area contributed by atoms with Gasteiger partial charge in [0.25, 0.3) is 0 Å². The van der Waals surface area contributed by atoms with Gasteiger partial charge >= 0.3 is 12.0 Å². The van der Waals surface area contributed by atoms with Crippen molar-refractivity contribution in [2.75, 3.05) is 57.5 Å². The molecule has 3 heterocycles. The number of halogens is 2. The van der Waals surface area contributed by atoms with Gasteiger partial charge in [0.1, 0.15) is 5.60 Å². The number of hydrogen-bond acceptors (Lipinski definition) is 5. The van der Waals surface area contributed by atoms with Gasteiger partial charge in [0.05, 0.1) is 19.8 Å². The van der Waals surface area contributed by atoms with Crippen molar-refractivity contribution < 1.29 is 27.8 Å². The lowest BCUT2D eigenvalue weighted by Crippen LogP contribution is -2.66. The lowest BCUT2D eigenvalue weighted by molar-refractivity contribution is -0.293. The van der Waals surface area contributed by atoms with E-state index >= 15 is 0 Å². The molecule has 3 aliphatic heterocycles. The van der Waals surface area contributed by atoms with Crippen molar-refractivity contribution in [1.82, 2.24) is 4.90 Å². The van der Waals surface area contributed by atoms with Crippen LogP contribution in [0.5, 0.6) is 0 Å². The Balaban J connectivity index is 1.50. The summed E-state index contributed by atoms with van der Waals surface area (Å²) in [5.74, 6) is -0.729. The van der Waals surface area contributed by atoms with E-state index in [2.05, 4.69) is 4.90 Å². The van der Waals surface area contributed by atoms with Crippen LogP contribution < -0.4 is 4.90 Å². The number of anilines is 1. The summed E-state index contributed by atoms with van der Waals surface area (Å²) in [6.07, 6.45) is -0.800. The van der Waals surface area contributed by atoms with Crippen molar-refractivity contribution in [3.63, 3.8) is 0 Å². The smallest absolute Gasteiger partial charge is 0.381 e. The van der Waals surface area contributed by atoms with Gasteiger partial charge in [-0.25, -0.2) is 0 Å². The van der Waals surface area contributed by atoms with Gasteiger partial charge < -0.3 is 19.1 Å². The van der Waals surface area contributed by atoms with E-state index in [9.17, 15) is 13.6 Å². The summed E-state index contributed by atoms with van der Waals surface area (Å²) in [5, 5.41) is 0. The average molecular weight is 410 g/mol. The van der Waals surface area contributed by atoms with Crippen LogP contribution in [0, 0.1) is 5.92 Å². The third kappa shape index (κ3) is 4.77. The Labute approximate surface area is 169 Å². The van der Waals surface area contributed by atoms with Crippen LogP contribution in [0.15, 0.2) is 30.3 Å². The molecule has 0 aliphatic carbocycles. The third-order valence-electron chi connectivity index (χ3n) is 5.98. The van der Waals surface area contributed by atoms with Gasteiger partial charge in [-0.15, -0.1) is 0 Å². The maximum atomic E-state index is 14.6. The lowest BCUT2D eigenvalue weighted by Gasteiger charge is -2.45. The van der Waals surface area contributed by atoms with Crippen LogP contribution in [-0.4, -0.2) is 75.1 Å². The van der Waals surface area contributed by atoms with Gasteiger partial charge in [0.15, 0.2) is 0 Å². The molecule has 8 heteroatoms. The summed E-state index contributed by atoms with van der Waals surface area (Å²) in [6, 6.07) is 8.56. The first-order chi connectivity index (χ1) is 14.0. The zero-order valence-corrected chi connectivity index (χ0v) is 16.5. The highest BCUT2D eigenvalue weighted by molar-refractivity contribution is 5.98. The minimum atomic E-state index is -3.88. The molecule has 1 aromatic carbocycles. The zero-order chi connectivity index (χ0) is 20.3. The Morgan fingerprint density at radius 1 is 1.03 bits per heavy atom. The first-order valence-corrected chi connectivity index (χ1v) is 10.3. The minimum absolute atomic E-state index is 0.0347. The Hall–Kier alpha value is -1.61. The van der Waals surface area contributed by atoms with Crippen LogP contribution in [0.4, 0.5) is 14.5 Å². The normalized spacial score (nSPS) is 29.2. The molecule has 1 unspecified atom stereocenters. The van der Waals surface area contributed by atoms with Gasteiger partial charge in [0.2, 0.25) is 0 Å². The number of nitrogens with zero attached hydrogens (tertiary/aromatic N) is 2. The van der Waals surface area contributed by atoms with Crippen LogP contribution in [0.1, 0.15) is 19.3 Å². The fourth-order valence-electron chi connectivity index (χ4n) is 4.41. The number of amides is 1. The number of carbonyl (C=O) groups excluding carboxylic acids is 1. The highest BCUT2D eigenvalue weighted by atomic mass is 19.3. The number of para-hydroxylation sites is 1. The van der Waals surface area contributed by atoms with Crippen molar-refractivity contribution in [2.24, 2.45) is 5.92 Å². The molecule has 0 saturated carbocycles. The summed E-state index contributed by atoms with van der Waals surface area (Å²) < 4.78 is 45.4. The van der Waals surface area contributed by atoms with Gasteiger partial charge in [0, 0.05) is 32.0 Å². The van der Waals surface area contributed by atoms with Crippen LogP contribution in [-0.2, 0) is 19.0 Å². The second-order valence-electron chi connectivity index (χ2n) is 8.20. The van der Waals surface area contributed by atoms with Crippen molar-refractivity contribution >= 4 is 11.6 Å². The lowest BCUT2D eigenvalue weighted by atomic mass is 9.95. The van der Waals surface area contributed by atoms with E-state index in [1.807, 2.05) is 0 Å². The molecule has 1 spiro atoms. The minimum Gasteiger partial charge on any atom is -0.381 e. The maximum Gasteiger partial charge on any atom is 0.437 e. The summed E-state index contributed by atoms with van der Waals surface area (Å²) in [7, 11) is 0. The molecular weight excluding hydrogens is 382 g/mol. The van der Waals surface area contributed by atoms with Crippen LogP contribution in [0.2, 0.25) is 0 Å². The molecule has 0 radical (unpaired) electrons. The molecule has 0 aromatic heterocycles. The van der Waals surface area contributed by atoms with Crippen molar-refractivity contribution in [1.29, 1.82) is 0 Å². The molecule has 3 aliphatic rings. The van der Waals surface area contributed by atoms with E-state index in [0.29, 0.717) is 31.3 Å². The van der Waals surface area contributed by atoms with E-state index in [-0.39, 0.29) is 13.2 Å². The van der Waals surface area contributed by atoms with Gasteiger partial charge in [-0.05, 0) is 43.9 Å². The standard InChI is InChI=1S/C21H28F2N2O4/c22-21(23)19(26)25(18-4-2-1-3-5-18)15-20(29-21)14-24(10-13-28-16-20)9-6-17-7-11-27-12-8-17/h1-5,17H,6-16H2. The molecule has 0 bridgehead atoms. The molecule has 6 nitrogen and oxygen atoms in total. The molecular formula is C21H28F2N2O4. The molecule has 1 aromatic rings. The molecule has 1 atom stereocenters. The molecule has 160 valence electrons. The Morgan fingerprint density at radius 2 is 1.79 bits per heavy atom. The molecule has 3 saturated heterocycles. The third-order valence-corrected chi connectivity index (χ3v) is 5.98. The Bertz CT molecular complexity index is 699. The van der Waals surface area contributed by atoms with Gasteiger partial charge in [-0.2, -0.15) is 8.78 Å². The van der Waals surface area contributed by atoms with Gasteiger partial charge in [-0.1, -0.05) is 18.2 Å². The number of carbonyl (C=O) groups is 1. The van der Waals surface area contributed by atoms with E-state index in [4.69, 9.17) is 14.2 Å². The predicted octanol–water partition coefficient (Wildman–Crippen LogP) is 2.53. The second kappa shape index (κ2) is 8.63. The number of benzene rings is 1. The summed E-state index contributed by atoms with van der Waals surface area (Å²) in [4.78, 5) is 15.6. The molecule has 1 amide bonds. The number of hydrogen-bond donors (Lipinski definition) is 0. The number of rotatable bonds is 4. The quantitative estimate of drug-likeness (QED) is 0.764. The Morgan fingerprint density at radius 3 is 2.55 bits per heavy atom. The average Bonchev–Trinajstić information content (AvgIpc) is 2.92. The van der Waals surface area contributed by atoms with Crippen molar-refractivity contribution in [2.45, 2.75) is 31.0 Å². The SMILES string of the molecule is O=C1N(c2ccccc2)CC2(COCCN(CCC3CCOCC3)C2)OC1(F)F. The van der Waals surface area contributed by atoms with Crippen molar-refractivity contribution in [3.8, 4) is 0 Å². The fourth-order valence-corrected chi connectivity index (χ4v) is 4.41. The summed E-state index contributed by atoms with van der Waals surface area (Å²) in [6.45, 7) is 3.89. The van der Waals surface area contributed by atoms with E-state index < -0.39 is 17.6 Å². The molecule has 29 heavy (non-hydrogen) atoms. The Kier molecular flexibility index (Phi) is 6.15. The van der Waals surface area contributed by atoms with Gasteiger partial charge in [-0.3, -0.25) is 9.69 Å². The van der Waals surface area contributed by atoms with Crippen LogP contribution in [0.25, 0.3) is 0 Å². The first-order valence-electron chi connectivity index (χ1n) is 10.3. The largest absolute Gasteiger partial charge is 0.437 e. The zero-order valence-electron chi connectivity index (χ0n) is 16.5. The highest BCUT2D eigenvalue weighted by Crippen LogP contribution is 2.37.